The van der Waals surface area contributed by atoms with Crippen molar-refractivity contribution in [1.82, 2.24) is 0 Å². The zero-order valence-corrected chi connectivity index (χ0v) is 11.9. The smallest absolute Gasteiger partial charge is 0.163 e. The first-order chi connectivity index (χ1) is 9.69. The van der Waals surface area contributed by atoms with Gasteiger partial charge in [0.25, 0.3) is 0 Å². The normalized spacial score (nSPS) is 14.0. The topological polar surface area (TPSA) is 26.3 Å². The third-order valence-electron chi connectivity index (χ3n) is 3.93. The molecule has 0 spiro atoms. The standard InChI is InChI=1S/C18H18O2/c1-12-6-9-18(20-2)16(10-12)14-8-7-13-4-3-5-17(19)15(13)11-14/h6-11H,3-5H2,1-2H3. The van der Waals surface area contributed by atoms with Crippen LogP contribution >= 0.6 is 0 Å². The van der Waals surface area contributed by atoms with Crippen molar-refractivity contribution in [2.75, 3.05) is 7.11 Å². The van der Waals surface area contributed by atoms with Gasteiger partial charge in [-0.15, -0.1) is 0 Å². The van der Waals surface area contributed by atoms with Crippen LogP contribution < -0.4 is 4.74 Å². The number of rotatable bonds is 2. The Labute approximate surface area is 119 Å². The number of ketones is 1. The first-order valence-corrected chi connectivity index (χ1v) is 7.00. The molecule has 0 unspecified atom stereocenters. The van der Waals surface area contributed by atoms with E-state index in [1.165, 1.54) is 11.1 Å². The van der Waals surface area contributed by atoms with Gasteiger partial charge in [-0.05, 0) is 49.1 Å². The van der Waals surface area contributed by atoms with Crippen LogP contribution in [0.4, 0.5) is 0 Å². The molecular weight excluding hydrogens is 248 g/mol. The molecule has 2 nitrogen and oxygen atoms in total. The first kappa shape index (κ1) is 12.9. The second-order valence-corrected chi connectivity index (χ2v) is 5.35. The van der Waals surface area contributed by atoms with E-state index >= 15 is 0 Å². The fourth-order valence-electron chi connectivity index (χ4n) is 2.84. The summed E-state index contributed by atoms with van der Waals surface area (Å²) in [7, 11) is 1.68. The second kappa shape index (κ2) is 5.12. The summed E-state index contributed by atoms with van der Waals surface area (Å²) in [6.45, 7) is 2.06. The number of methoxy groups -OCH3 is 1. The average molecular weight is 266 g/mol. The Morgan fingerprint density at radius 2 is 1.85 bits per heavy atom. The summed E-state index contributed by atoms with van der Waals surface area (Å²) in [4.78, 5) is 12.1. The highest BCUT2D eigenvalue weighted by atomic mass is 16.5. The minimum absolute atomic E-state index is 0.264. The number of ether oxygens (including phenoxy) is 1. The molecule has 0 fully saturated rings. The summed E-state index contributed by atoms with van der Waals surface area (Å²) in [5, 5.41) is 0. The molecule has 0 amide bonds. The Balaban J connectivity index is 2.13. The molecule has 0 aliphatic heterocycles. The minimum Gasteiger partial charge on any atom is -0.496 e. The Hall–Kier alpha value is -2.09. The largest absolute Gasteiger partial charge is 0.496 e. The highest BCUT2D eigenvalue weighted by Crippen LogP contribution is 2.33. The number of fused-ring (bicyclic) bond motifs is 1. The summed E-state index contributed by atoms with van der Waals surface area (Å²) in [5.74, 6) is 1.11. The van der Waals surface area contributed by atoms with Gasteiger partial charge in [-0.1, -0.05) is 23.8 Å². The number of hydrogen-bond acceptors (Lipinski definition) is 2. The van der Waals surface area contributed by atoms with Crippen molar-refractivity contribution in [3.8, 4) is 16.9 Å². The lowest BCUT2D eigenvalue weighted by molar-refractivity contribution is 0.0972. The number of benzene rings is 2. The summed E-state index contributed by atoms with van der Waals surface area (Å²) < 4.78 is 5.44. The SMILES string of the molecule is COc1ccc(C)cc1-c1ccc2c(c1)C(=O)CCC2. The molecule has 2 aromatic carbocycles. The molecular formula is C18H18O2. The Kier molecular flexibility index (Phi) is 3.31. The van der Waals surface area contributed by atoms with Crippen LogP contribution in [0.25, 0.3) is 11.1 Å². The molecule has 1 aliphatic rings. The van der Waals surface area contributed by atoms with Crippen molar-refractivity contribution in [2.45, 2.75) is 26.2 Å². The van der Waals surface area contributed by atoms with Gasteiger partial charge >= 0.3 is 0 Å². The van der Waals surface area contributed by atoms with Gasteiger partial charge in [0, 0.05) is 17.5 Å². The number of hydrogen-bond donors (Lipinski definition) is 0. The van der Waals surface area contributed by atoms with E-state index in [4.69, 9.17) is 4.74 Å². The van der Waals surface area contributed by atoms with Crippen molar-refractivity contribution >= 4 is 5.78 Å². The van der Waals surface area contributed by atoms with Gasteiger partial charge in [0.2, 0.25) is 0 Å². The van der Waals surface area contributed by atoms with Gasteiger partial charge in [-0.2, -0.15) is 0 Å². The fraction of sp³-hybridized carbons (Fsp3) is 0.278. The highest BCUT2D eigenvalue weighted by Gasteiger charge is 2.18. The summed E-state index contributed by atoms with van der Waals surface area (Å²) in [6.07, 6.45) is 2.65. The van der Waals surface area contributed by atoms with Gasteiger partial charge in [-0.3, -0.25) is 4.79 Å². The molecule has 0 saturated carbocycles. The molecule has 1 aliphatic carbocycles. The van der Waals surface area contributed by atoms with Gasteiger partial charge in [-0.25, -0.2) is 0 Å². The van der Waals surface area contributed by atoms with Gasteiger partial charge < -0.3 is 4.74 Å². The van der Waals surface area contributed by atoms with Crippen molar-refractivity contribution in [2.24, 2.45) is 0 Å². The Morgan fingerprint density at radius 3 is 2.65 bits per heavy atom. The monoisotopic (exact) mass is 266 g/mol. The predicted molar refractivity (Wildman–Crippen MR) is 80.4 cm³/mol. The molecule has 102 valence electrons. The van der Waals surface area contributed by atoms with Crippen LogP contribution in [0.15, 0.2) is 36.4 Å². The predicted octanol–water partition coefficient (Wildman–Crippen LogP) is 4.19. The van der Waals surface area contributed by atoms with E-state index in [2.05, 4.69) is 25.1 Å². The average Bonchev–Trinajstić information content (AvgIpc) is 2.47. The molecule has 0 N–H and O–H groups in total. The lowest BCUT2D eigenvalue weighted by atomic mass is 9.88. The highest BCUT2D eigenvalue weighted by molar-refractivity contribution is 5.99. The van der Waals surface area contributed by atoms with E-state index < -0.39 is 0 Å². The van der Waals surface area contributed by atoms with Crippen LogP contribution in [0.2, 0.25) is 0 Å². The van der Waals surface area contributed by atoms with E-state index in [0.717, 1.165) is 35.3 Å². The van der Waals surface area contributed by atoms with Crippen LogP contribution in [0.1, 0.15) is 34.3 Å². The third-order valence-corrected chi connectivity index (χ3v) is 3.93. The second-order valence-electron chi connectivity index (χ2n) is 5.35. The van der Waals surface area contributed by atoms with Crippen LogP contribution in [0.5, 0.6) is 5.75 Å². The molecule has 2 heteroatoms. The zero-order valence-electron chi connectivity index (χ0n) is 11.9. The van der Waals surface area contributed by atoms with Gasteiger partial charge in [0.1, 0.15) is 5.75 Å². The number of Topliss-reactive ketones (excluding diaryl/α,β-unsaturated/α-hetero) is 1. The Morgan fingerprint density at radius 1 is 1.00 bits per heavy atom. The van der Waals surface area contributed by atoms with Crippen LogP contribution in [0, 0.1) is 6.92 Å². The van der Waals surface area contributed by atoms with E-state index in [1.54, 1.807) is 7.11 Å². The maximum Gasteiger partial charge on any atom is 0.163 e. The van der Waals surface area contributed by atoms with Crippen LogP contribution in [0.3, 0.4) is 0 Å². The molecule has 0 atom stereocenters. The number of carbonyl (C=O) groups is 1. The number of carbonyl (C=O) groups excluding carboxylic acids is 1. The molecule has 0 aromatic heterocycles. The zero-order chi connectivity index (χ0) is 14.1. The van der Waals surface area contributed by atoms with E-state index in [1.807, 2.05) is 18.2 Å². The maximum atomic E-state index is 12.1. The molecule has 0 radical (unpaired) electrons. The third kappa shape index (κ3) is 2.22. The summed E-state index contributed by atoms with van der Waals surface area (Å²) in [5.41, 5.74) is 5.35. The van der Waals surface area contributed by atoms with Gasteiger partial charge in [0.05, 0.1) is 7.11 Å². The summed E-state index contributed by atoms with van der Waals surface area (Å²) in [6, 6.07) is 12.3. The lowest BCUT2D eigenvalue weighted by Gasteiger charge is -2.17. The summed E-state index contributed by atoms with van der Waals surface area (Å²) >= 11 is 0. The quantitative estimate of drug-likeness (QED) is 0.814. The van der Waals surface area contributed by atoms with Crippen molar-refractivity contribution in [3.05, 3.63) is 53.1 Å². The first-order valence-electron chi connectivity index (χ1n) is 7.00. The van der Waals surface area contributed by atoms with E-state index in [-0.39, 0.29) is 5.78 Å². The Bertz CT molecular complexity index is 671. The van der Waals surface area contributed by atoms with Crippen LogP contribution in [-0.4, -0.2) is 12.9 Å². The minimum atomic E-state index is 0.264. The maximum absolute atomic E-state index is 12.1. The molecule has 2 aromatic rings. The number of aryl methyl sites for hydroxylation is 2. The van der Waals surface area contributed by atoms with Crippen molar-refractivity contribution in [1.29, 1.82) is 0 Å². The van der Waals surface area contributed by atoms with Crippen LogP contribution in [-0.2, 0) is 6.42 Å². The van der Waals surface area contributed by atoms with Crippen molar-refractivity contribution < 1.29 is 9.53 Å². The lowest BCUT2D eigenvalue weighted by Crippen LogP contribution is -2.10. The molecule has 20 heavy (non-hydrogen) atoms. The molecule has 3 rings (SSSR count). The molecule has 0 saturated heterocycles. The van der Waals surface area contributed by atoms with E-state index in [9.17, 15) is 4.79 Å². The van der Waals surface area contributed by atoms with Gasteiger partial charge in [0.15, 0.2) is 5.78 Å². The molecule has 0 heterocycles. The van der Waals surface area contributed by atoms with E-state index in [0.29, 0.717) is 6.42 Å². The van der Waals surface area contributed by atoms with Crippen molar-refractivity contribution in [3.63, 3.8) is 0 Å². The molecule has 0 bridgehead atoms. The fourth-order valence-corrected chi connectivity index (χ4v) is 2.84.